The van der Waals surface area contributed by atoms with Crippen LogP contribution in [0.1, 0.15) is 74.4 Å². The summed E-state index contributed by atoms with van der Waals surface area (Å²) in [6, 6.07) is 11.3. The van der Waals surface area contributed by atoms with Crippen LogP contribution in [0.2, 0.25) is 23.2 Å². The summed E-state index contributed by atoms with van der Waals surface area (Å²) in [6.45, 7) is 12.6. The van der Waals surface area contributed by atoms with Crippen molar-refractivity contribution in [3.05, 3.63) is 70.3 Å². The number of benzene rings is 2. The number of aryl methyl sites for hydroxylation is 1. The lowest BCUT2D eigenvalue weighted by atomic mass is 9.68. The summed E-state index contributed by atoms with van der Waals surface area (Å²) >= 11 is 6.46. The molecule has 1 fully saturated rings. The molecule has 2 aromatic rings. The van der Waals surface area contributed by atoms with Crippen molar-refractivity contribution in [1.82, 2.24) is 9.03 Å². The van der Waals surface area contributed by atoms with Crippen LogP contribution in [0.4, 0.5) is 5.69 Å². The third-order valence-electron chi connectivity index (χ3n) is 11.9. The number of nitrogens with zero attached hydrogens (tertiary/aromatic N) is 2. The quantitative estimate of drug-likeness (QED) is 0.210. The Balaban J connectivity index is 1.43. The third kappa shape index (κ3) is 7.90. The largest absolute Gasteiger partial charge is 0.490 e. The highest BCUT2D eigenvalue weighted by molar-refractivity contribution is 7.87. The number of hydrogen-bond acceptors (Lipinski definition) is 8. The zero-order chi connectivity index (χ0) is 36.8. The van der Waals surface area contributed by atoms with Gasteiger partial charge in [0.2, 0.25) is 0 Å². The van der Waals surface area contributed by atoms with E-state index in [0.29, 0.717) is 31.2 Å². The molecule has 4 atom stereocenters. The van der Waals surface area contributed by atoms with E-state index in [1.807, 2.05) is 12.1 Å². The molecule has 1 spiro atoms. The highest BCUT2D eigenvalue weighted by Gasteiger charge is 2.47. The average molecular weight is 758 g/mol. The van der Waals surface area contributed by atoms with Gasteiger partial charge in [-0.3, -0.25) is 9.59 Å². The zero-order valence-electron chi connectivity index (χ0n) is 30.7. The SMILES string of the molecule is COC(=O)CN1CC/C=C/[C@H](O[Si](C)(C)C(C)(C)C)[C@@H]2CC[C@H]2CN2C[C@@]3(CCCc4cc(Cl)ccc43)COc3ccc(cc32)C(=O)NS1(=O)=O. The molecule has 278 valence electrons. The first-order valence-electron chi connectivity index (χ1n) is 18.1. The smallest absolute Gasteiger partial charge is 0.321 e. The molecule has 1 N–H and O–H groups in total. The molecule has 10 nitrogen and oxygen atoms in total. The Morgan fingerprint density at radius 1 is 1.16 bits per heavy atom. The van der Waals surface area contributed by atoms with Gasteiger partial charge in [0.05, 0.1) is 25.5 Å². The van der Waals surface area contributed by atoms with Crippen molar-refractivity contribution in [2.45, 2.75) is 88.9 Å². The summed E-state index contributed by atoms with van der Waals surface area (Å²) in [5.74, 6) is -0.268. The lowest BCUT2D eigenvalue weighted by molar-refractivity contribution is -0.140. The number of esters is 1. The van der Waals surface area contributed by atoms with Gasteiger partial charge >= 0.3 is 16.2 Å². The maximum atomic E-state index is 13.6. The Morgan fingerprint density at radius 3 is 2.65 bits per heavy atom. The Morgan fingerprint density at radius 2 is 1.94 bits per heavy atom. The molecule has 0 aromatic heterocycles. The molecule has 13 heteroatoms. The fraction of sp³-hybridized carbons (Fsp3) is 0.579. The number of carbonyl (C=O) groups is 2. The van der Waals surface area contributed by atoms with E-state index in [1.54, 1.807) is 18.2 Å². The molecule has 1 saturated carbocycles. The van der Waals surface area contributed by atoms with Gasteiger partial charge in [0.1, 0.15) is 12.3 Å². The molecule has 2 aliphatic heterocycles. The summed E-state index contributed by atoms with van der Waals surface area (Å²) in [6.07, 6.45) is 9.22. The van der Waals surface area contributed by atoms with Crippen LogP contribution in [0, 0.1) is 11.8 Å². The molecule has 0 radical (unpaired) electrons. The fourth-order valence-electron chi connectivity index (χ4n) is 7.76. The second-order valence-electron chi connectivity index (χ2n) is 16.2. The Kier molecular flexibility index (Phi) is 10.8. The molecule has 2 heterocycles. The van der Waals surface area contributed by atoms with E-state index in [-0.39, 0.29) is 34.6 Å². The normalized spacial score (nSPS) is 27.5. The van der Waals surface area contributed by atoms with Gasteiger partial charge in [0, 0.05) is 35.6 Å². The van der Waals surface area contributed by atoms with E-state index in [9.17, 15) is 18.0 Å². The molecular weight excluding hydrogens is 706 g/mol. The number of amides is 1. The first kappa shape index (κ1) is 37.8. The molecule has 2 aromatic carbocycles. The summed E-state index contributed by atoms with van der Waals surface area (Å²) < 4.78 is 48.9. The molecule has 0 saturated heterocycles. The maximum Gasteiger partial charge on any atom is 0.321 e. The van der Waals surface area contributed by atoms with Crippen LogP contribution in [0.3, 0.4) is 0 Å². The highest BCUT2D eigenvalue weighted by Crippen LogP contribution is 2.48. The number of ether oxygens (including phenoxy) is 2. The number of nitrogens with one attached hydrogen (secondary N) is 1. The summed E-state index contributed by atoms with van der Waals surface area (Å²) in [4.78, 5) is 28.3. The Bertz CT molecular complexity index is 1800. The molecule has 51 heavy (non-hydrogen) atoms. The summed E-state index contributed by atoms with van der Waals surface area (Å²) in [5, 5.41) is 0.725. The number of fused-ring (bicyclic) bond motifs is 4. The van der Waals surface area contributed by atoms with E-state index >= 15 is 0 Å². The molecule has 2 bridgehead atoms. The van der Waals surface area contributed by atoms with Gasteiger partial charge in [0.25, 0.3) is 5.91 Å². The summed E-state index contributed by atoms with van der Waals surface area (Å²) in [5.41, 5.74) is 3.15. The molecule has 2 aliphatic carbocycles. The summed E-state index contributed by atoms with van der Waals surface area (Å²) in [7, 11) is -5.39. The Labute approximate surface area is 309 Å². The fourth-order valence-corrected chi connectivity index (χ4v) is 10.3. The van der Waals surface area contributed by atoms with Crippen LogP contribution in [-0.2, 0) is 36.0 Å². The van der Waals surface area contributed by atoms with Crippen LogP contribution in [0.25, 0.3) is 0 Å². The van der Waals surface area contributed by atoms with Crippen LogP contribution in [0.15, 0.2) is 48.6 Å². The second kappa shape index (κ2) is 14.5. The van der Waals surface area contributed by atoms with Gasteiger partial charge in [0.15, 0.2) is 8.32 Å². The van der Waals surface area contributed by atoms with Gasteiger partial charge in [-0.15, -0.1) is 0 Å². The second-order valence-corrected chi connectivity index (χ2v) is 23.1. The van der Waals surface area contributed by atoms with Gasteiger partial charge in [-0.1, -0.05) is 50.6 Å². The van der Waals surface area contributed by atoms with Gasteiger partial charge < -0.3 is 18.8 Å². The number of halogens is 1. The van der Waals surface area contributed by atoms with Gasteiger partial charge in [-0.05, 0) is 110 Å². The van der Waals surface area contributed by atoms with E-state index in [0.717, 1.165) is 53.7 Å². The molecule has 6 rings (SSSR count). The van der Waals surface area contributed by atoms with Crippen LogP contribution >= 0.6 is 11.6 Å². The van der Waals surface area contributed by atoms with Crippen molar-refractivity contribution in [2.24, 2.45) is 11.8 Å². The topological polar surface area (TPSA) is 114 Å². The van der Waals surface area contributed by atoms with Crippen molar-refractivity contribution in [3.63, 3.8) is 0 Å². The monoisotopic (exact) mass is 757 g/mol. The van der Waals surface area contributed by atoms with Crippen LogP contribution in [-0.4, -0.2) is 78.9 Å². The van der Waals surface area contributed by atoms with Crippen LogP contribution < -0.4 is 14.4 Å². The van der Waals surface area contributed by atoms with Crippen LogP contribution in [0.5, 0.6) is 5.75 Å². The van der Waals surface area contributed by atoms with E-state index in [1.165, 1.54) is 18.2 Å². The minimum atomic E-state index is -4.41. The predicted molar refractivity (Wildman–Crippen MR) is 202 cm³/mol. The van der Waals surface area contributed by atoms with E-state index < -0.39 is 36.9 Å². The lowest BCUT2D eigenvalue weighted by Crippen LogP contribution is -2.52. The first-order valence-corrected chi connectivity index (χ1v) is 22.8. The van der Waals surface area contributed by atoms with E-state index in [4.69, 9.17) is 25.5 Å². The lowest BCUT2D eigenvalue weighted by Gasteiger charge is -2.48. The predicted octanol–water partition coefficient (Wildman–Crippen LogP) is 6.64. The van der Waals surface area contributed by atoms with Crippen molar-refractivity contribution >= 4 is 47.7 Å². The average Bonchev–Trinajstić information content (AvgIpc) is 3.19. The van der Waals surface area contributed by atoms with Crippen molar-refractivity contribution in [2.75, 3.05) is 44.8 Å². The van der Waals surface area contributed by atoms with Crippen molar-refractivity contribution < 1.29 is 31.9 Å². The molecule has 0 unspecified atom stereocenters. The van der Waals surface area contributed by atoms with Crippen molar-refractivity contribution in [3.8, 4) is 5.75 Å². The number of rotatable bonds is 4. The third-order valence-corrected chi connectivity index (χ3v) is 18.0. The maximum absolute atomic E-state index is 13.6. The molecular formula is C38H52ClN3O7SSi. The van der Waals surface area contributed by atoms with Crippen molar-refractivity contribution in [1.29, 1.82) is 0 Å². The molecule has 1 amide bonds. The highest BCUT2D eigenvalue weighted by atomic mass is 35.5. The molecule has 4 aliphatic rings. The standard InChI is InChI=1S/C38H52ClN3O7SSi/c1-37(2,3)51(5,6)49-33-11-7-8-19-42(23-35(43)47-4)50(45,46)40-36(44)27-13-17-34-32(21-27)41(22-28-12-15-30(28)33)24-38(25-48-34)18-9-10-26-20-29(39)14-16-31(26)38/h7,11,13-14,16-17,20-21,28,30,33H,8-10,12,15,18-19,22-25H2,1-6H3,(H,40,44)/b11-7+/t28-,30+,33-,38-/m0/s1. The van der Waals surface area contributed by atoms with Gasteiger partial charge in [-0.2, -0.15) is 12.7 Å². The Hall–Kier alpha value is -2.90. The zero-order valence-corrected chi connectivity index (χ0v) is 33.2. The minimum Gasteiger partial charge on any atom is -0.490 e. The number of hydrogen-bond donors (Lipinski definition) is 1. The first-order chi connectivity index (χ1) is 24.0. The van der Waals surface area contributed by atoms with E-state index in [2.05, 4.69) is 61.7 Å². The minimum absolute atomic E-state index is 0.0000519. The number of anilines is 1. The number of methoxy groups -OCH3 is 1. The van der Waals surface area contributed by atoms with Gasteiger partial charge in [-0.25, -0.2) is 4.72 Å². The number of carbonyl (C=O) groups excluding carboxylic acids is 2.